The van der Waals surface area contributed by atoms with Crippen LogP contribution in [0.5, 0.6) is 0 Å². The number of carboxylic acid groups (broad SMARTS) is 1. The summed E-state index contributed by atoms with van der Waals surface area (Å²) >= 11 is 0. The molecular weight excluding hydrogens is 242 g/mol. The first-order valence-corrected chi connectivity index (χ1v) is 7.20. The van der Waals surface area contributed by atoms with Crippen LogP contribution in [0, 0.1) is 12.8 Å². The van der Waals surface area contributed by atoms with Crippen molar-refractivity contribution >= 4 is 5.97 Å². The van der Waals surface area contributed by atoms with E-state index in [0.29, 0.717) is 18.1 Å². The molecule has 2 rings (SSSR count). The molecule has 1 aromatic rings. The lowest BCUT2D eigenvalue weighted by Gasteiger charge is -2.21. The smallest absolute Gasteiger partial charge is 0.339 e. The van der Waals surface area contributed by atoms with Gasteiger partial charge in [0.2, 0.25) is 0 Å². The number of furan rings is 1. The van der Waals surface area contributed by atoms with Crippen molar-refractivity contribution in [3.8, 4) is 0 Å². The molecule has 1 aliphatic rings. The Hall–Kier alpha value is -1.29. The average Bonchev–Trinajstić information content (AvgIpc) is 2.77. The Balaban J connectivity index is 1.70. The van der Waals surface area contributed by atoms with Crippen LogP contribution in [-0.2, 0) is 6.54 Å². The summed E-state index contributed by atoms with van der Waals surface area (Å²) in [5.41, 5.74) is 0.268. The van der Waals surface area contributed by atoms with Gasteiger partial charge in [-0.2, -0.15) is 0 Å². The molecule has 1 saturated carbocycles. The zero-order chi connectivity index (χ0) is 13.7. The van der Waals surface area contributed by atoms with Crippen LogP contribution in [-0.4, -0.2) is 17.6 Å². The number of carboxylic acids is 1. The van der Waals surface area contributed by atoms with Gasteiger partial charge in [0.25, 0.3) is 0 Å². The fraction of sp³-hybridized carbons (Fsp3) is 0.667. The van der Waals surface area contributed by atoms with Crippen molar-refractivity contribution in [2.24, 2.45) is 5.92 Å². The van der Waals surface area contributed by atoms with Gasteiger partial charge < -0.3 is 14.8 Å². The molecule has 1 fully saturated rings. The molecule has 0 amide bonds. The molecular formula is C15H23NO3. The van der Waals surface area contributed by atoms with Crippen molar-refractivity contribution in [3.63, 3.8) is 0 Å². The molecule has 4 heteroatoms. The van der Waals surface area contributed by atoms with Gasteiger partial charge in [0.05, 0.1) is 6.54 Å². The second kappa shape index (κ2) is 6.75. The molecule has 2 N–H and O–H groups in total. The molecule has 19 heavy (non-hydrogen) atoms. The van der Waals surface area contributed by atoms with Gasteiger partial charge >= 0.3 is 5.97 Å². The Morgan fingerprint density at radius 2 is 2.16 bits per heavy atom. The highest BCUT2D eigenvalue weighted by Gasteiger charge is 2.14. The highest BCUT2D eigenvalue weighted by atomic mass is 16.4. The lowest BCUT2D eigenvalue weighted by molar-refractivity contribution is 0.0695. The van der Waals surface area contributed by atoms with Crippen molar-refractivity contribution in [3.05, 3.63) is 23.2 Å². The Kier molecular flexibility index (Phi) is 5.02. The van der Waals surface area contributed by atoms with Crippen molar-refractivity contribution in [2.75, 3.05) is 6.54 Å². The number of hydrogen-bond acceptors (Lipinski definition) is 3. The van der Waals surface area contributed by atoms with Gasteiger partial charge in [0.1, 0.15) is 17.1 Å². The molecule has 0 bridgehead atoms. The van der Waals surface area contributed by atoms with E-state index >= 15 is 0 Å². The number of nitrogens with one attached hydrogen (secondary N) is 1. The van der Waals surface area contributed by atoms with Crippen LogP contribution in [0.1, 0.15) is 60.4 Å². The van der Waals surface area contributed by atoms with Gasteiger partial charge in [-0.15, -0.1) is 0 Å². The zero-order valence-corrected chi connectivity index (χ0v) is 11.6. The minimum absolute atomic E-state index is 0.268. The fourth-order valence-corrected chi connectivity index (χ4v) is 2.84. The maximum Gasteiger partial charge on any atom is 0.339 e. The maximum absolute atomic E-state index is 10.9. The molecule has 4 nitrogen and oxygen atoms in total. The number of aryl methyl sites for hydroxylation is 1. The van der Waals surface area contributed by atoms with Gasteiger partial charge in [-0.05, 0) is 31.9 Å². The van der Waals surface area contributed by atoms with E-state index in [2.05, 4.69) is 5.32 Å². The Labute approximate surface area is 114 Å². The van der Waals surface area contributed by atoms with E-state index in [1.165, 1.54) is 38.5 Å². The van der Waals surface area contributed by atoms with E-state index in [1.54, 1.807) is 13.0 Å². The van der Waals surface area contributed by atoms with Gasteiger partial charge in [0.15, 0.2) is 0 Å². The molecule has 1 aromatic heterocycles. The van der Waals surface area contributed by atoms with E-state index in [0.717, 1.165) is 12.5 Å². The van der Waals surface area contributed by atoms with Crippen molar-refractivity contribution < 1.29 is 14.3 Å². The third-order valence-electron chi connectivity index (χ3n) is 3.95. The summed E-state index contributed by atoms with van der Waals surface area (Å²) in [5.74, 6) is 1.14. The molecule has 106 valence electrons. The van der Waals surface area contributed by atoms with Gasteiger partial charge in [-0.25, -0.2) is 4.79 Å². The molecule has 1 aliphatic carbocycles. The standard InChI is InChI=1S/C15H23NO3/c1-11-14(15(17)18)9-13(19-11)10-16-8-7-12-5-3-2-4-6-12/h9,12,16H,2-8,10H2,1H3,(H,17,18). The van der Waals surface area contributed by atoms with E-state index in [1.807, 2.05) is 0 Å². The summed E-state index contributed by atoms with van der Waals surface area (Å²) in [7, 11) is 0. The quantitative estimate of drug-likeness (QED) is 0.774. The number of aromatic carboxylic acids is 1. The lowest BCUT2D eigenvalue weighted by atomic mass is 9.87. The van der Waals surface area contributed by atoms with Crippen LogP contribution in [0.2, 0.25) is 0 Å². The SMILES string of the molecule is Cc1oc(CNCCC2CCCCC2)cc1C(=O)O. The summed E-state index contributed by atoms with van der Waals surface area (Å²) in [6.07, 6.45) is 8.10. The maximum atomic E-state index is 10.9. The first-order chi connectivity index (χ1) is 9.16. The highest BCUT2D eigenvalue weighted by Crippen LogP contribution is 2.25. The number of rotatable bonds is 6. The topological polar surface area (TPSA) is 62.5 Å². The van der Waals surface area contributed by atoms with Crippen molar-refractivity contribution in [1.29, 1.82) is 0 Å². The van der Waals surface area contributed by atoms with Gasteiger partial charge in [0, 0.05) is 0 Å². The van der Waals surface area contributed by atoms with Gasteiger partial charge in [-0.3, -0.25) is 0 Å². The summed E-state index contributed by atoms with van der Waals surface area (Å²) in [4.78, 5) is 10.9. The molecule has 0 spiro atoms. The predicted molar refractivity (Wildman–Crippen MR) is 73.3 cm³/mol. The largest absolute Gasteiger partial charge is 0.478 e. The van der Waals surface area contributed by atoms with Crippen LogP contribution in [0.4, 0.5) is 0 Å². The second-order valence-corrected chi connectivity index (χ2v) is 5.46. The first kappa shape index (κ1) is 14.1. The monoisotopic (exact) mass is 265 g/mol. The Morgan fingerprint density at radius 1 is 1.42 bits per heavy atom. The fourth-order valence-electron chi connectivity index (χ4n) is 2.84. The highest BCUT2D eigenvalue weighted by molar-refractivity contribution is 5.88. The summed E-state index contributed by atoms with van der Waals surface area (Å²) in [6.45, 7) is 3.28. The second-order valence-electron chi connectivity index (χ2n) is 5.46. The summed E-state index contributed by atoms with van der Waals surface area (Å²) < 4.78 is 5.42. The Bertz CT molecular complexity index is 419. The van der Waals surface area contributed by atoms with Crippen molar-refractivity contribution in [2.45, 2.75) is 52.0 Å². The minimum Gasteiger partial charge on any atom is -0.478 e. The van der Waals surface area contributed by atoms with E-state index in [-0.39, 0.29) is 5.56 Å². The van der Waals surface area contributed by atoms with Crippen LogP contribution in [0.15, 0.2) is 10.5 Å². The normalized spacial score (nSPS) is 16.7. The predicted octanol–water partition coefficient (Wildman–Crippen LogP) is 3.35. The minimum atomic E-state index is -0.922. The van der Waals surface area contributed by atoms with E-state index in [4.69, 9.17) is 9.52 Å². The van der Waals surface area contributed by atoms with E-state index < -0.39 is 5.97 Å². The third-order valence-corrected chi connectivity index (χ3v) is 3.95. The van der Waals surface area contributed by atoms with Crippen LogP contribution in [0.3, 0.4) is 0 Å². The van der Waals surface area contributed by atoms with E-state index in [9.17, 15) is 4.79 Å². The van der Waals surface area contributed by atoms with Crippen LogP contribution >= 0.6 is 0 Å². The zero-order valence-electron chi connectivity index (χ0n) is 11.6. The first-order valence-electron chi connectivity index (χ1n) is 7.20. The van der Waals surface area contributed by atoms with Crippen LogP contribution in [0.25, 0.3) is 0 Å². The molecule has 0 atom stereocenters. The molecule has 0 aliphatic heterocycles. The molecule has 0 aromatic carbocycles. The van der Waals surface area contributed by atoms with Gasteiger partial charge in [-0.1, -0.05) is 32.1 Å². The number of hydrogen-bond donors (Lipinski definition) is 2. The average molecular weight is 265 g/mol. The molecule has 0 saturated heterocycles. The van der Waals surface area contributed by atoms with Crippen molar-refractivity contribution in [1.82, 2.24) is 5.32 Å². The summed E-state index contributed by atoms with van der Waals surface area (Å²) in [6, 6.07) is 1.62. The number of carbonyl (C=O) groups is 1. The third kappa shape index (κ3) is 4.10. The molecule has 0 radical (unpaired) electrons. The Morgan fingerprint density at radius 3 is 2.79 bits per heavy atom. The molecule has 0 unspecified atom stereocenters. The lowest BCUT2D eigenvalue weighted by Crippen LogP contribution is -2.18. The summed E-state index contributed by atoms with van der Waals surface area (Å²) in [5, 5.41) is 12.3. The van der Waals surface area contributed by atoms with Crippen LogP contribution < -0.4 is 5.32 Å². The molecule has 1 heterocycles.